The molecule has 0 spiro atoms. The lowest BCUT2D eigenvalue weighted by molar-refractivity contribution is 0.0936. The molecular formula is C21H19ClFN3O3S. The standard InChI is InChI=1S/C21H19ClFN3O3S/c1-29-9-8-24-20(27)14-4-7-16(22)17(11-14)26-21(28)18-12-25-19(30-18)10-13-2-5-15(23)6-3-13/h2-7,11-12H,8-10H2,1H3,(H,24,27)(H,26,28). The van der Waals surface area contributed by atoms with Crippen LogP contribution in [-0.2, 0) is 11.2 Å². The molecule has 1 heterocycles. The first-order chi connectivity index (χ1) is 14.5. The highest BCUT2D eigenvalue weighted by atomic mass is 35.5. The summed E-state index contributed by atoms with van der Waals surface area (Å²) in [5.74, 6) is -0.972. The number of amides is 2. The molecular weight excluding hydrogens is 429 g/mol. The van der Waals surface area contributed by atoms with Gasteiger partial charge in [0.2, 0.25) is 0 Å². The van der Waals surface area contributed by atoms with E-state index in [4.69, 9.17) is 16.3 Å². The number of hydrogen-bond acceptors (Lipinski definition) is 5. The van der Waals surface area contributed by atoms with Crippen molar-refractivity contribution in [3.8, 4) is 0 Å². The van der Waals surface area contributed by atoms with Gasteiger partial charge in [-0.25, -0.2) is 9.37 Å². The molecule has 9 heteroatoms. The summed E-state index contributed by atoms with van der Waals surface area (Å²) in [5, 5.41) is 6.47. The predicted octanol–water partition coefficient (Wildman–Crippen LogP) is 4.15. The van der Waals surface area contributed by atoms with E-state index < -0.39 is 0 Å². The van der Waals surface area contributed by atoms with Crippen molar-refractivity contribution in [1.82, 2.24) is 10.3 Å². The van der Waals surface area contributed by atoms with Gasteiger partial charge in [0.25, 0.3) is 11.8 Å². The molecule has 2 N–H and O–H groups in total. The molecule has 2 amide bonds. The number of anilines is 1. The molecule has 0 saturated heterocycles. The fraction of sp³-hybridized carbons (Fsp3) is 0.190. The molecule has 30 heavy (non-hydrogen) atoms. The Morgan fingerprint density at radius 3 is 2.67 bits per heavy atom. The largest absolute Gasteiger partial charge is 0.383 e. The minimum atomic E-state index is -0.378. The Morgan fingerprint density at radius 1 is 1.17 bits per heavy atom. The number of rotatable bonds is 8. The number of nitrogens with one attached hydrogen (secondary N) is 2. The van der Waals surface area contributed by atoms with Crippen molar-refractivity contribution in [3.63, 3.8) is 0 Å². The number of ether oxygens (including phenoxy) is 1. The van der Waals surface area contributed by atoms with Crippen molar-refractivity contribution >= 4 is 40.4 Å². The highest BCUT2D eigenvalue weighted by Gasteiger charge is 2.15. The number of carbonyl (C=O) groups is 2. The van der Waals surface area contributed by atoms with Crippen LogP contribution in [0.2, 0.25) is 5.02 Å². The fourth-order valence-corrected chi connectivity index (χ4v) is 3.60. The first-order valence-electron chi connectivity index (χ1n) is 9.03. The van der Waals surface area contributed by atoms with Crippen molar-refractivity contribution in [2.24, 2.45) is 0 Å². The Morgan fingerprint density at radius 2 is 1.93 bits per heavy atom. The predicted molar refractivity (Wildman–Crippen MR) is 115 cm³/mol. The summed E-state index contributed by atoms with van der Waals surface area (Å²) in [5.41, 5.74) is 1.59. The fourth-order valence-electron chi connectivity index (χ4n) is 2.59. The molecule has 1 aromatic heterocycles. The van der Waals surface area contributed by atoms with Crippen LogP contribution in [0.3, 0.4) is 0 Å². The highest BCUT2D eigenvalue weighted by Crippen LogP contribution is 2.25. The van der Waals surface area contributed by atoms with Gasteiger partial charge in [0.15, 0.2) is 0 Å². The van der Waals surface area contributed by atoms with Crippen molar-refractivity contribution in [2.75, 3.05) is 25.6 Å². The number of benzene rings is 2. The van der Waals surface area contributed by atoms with Crippen LogP contribution in [0.1, 0.15) is 30.6 Å². The van der Waals surface area contributed by atoms with E-state index in [1.807, 2.05) is 0 Å². The first-order valence-corrected chi connectivity index (χ1v) is 10.2. The van der Waals surface area contributed by atoms with Gasteiger partial charge in [-0.05, 0) is 35.9 Å². The van der Waals surface area contributed by atoms with Crippen LogP contribution in [0.25, 0.3) is 0 Å². The minimum absolute atomic E-state index is 0.293. The lowest BCUT2D eigenvalue weighted by Crippen LogP contribution is -2.27. The molecule has 3 aromatic rings. The first kappa shape index (κ1) is 21.9. The van der Waals surface area contributed by atoms with Gasteiger partial charge >= 0.3 is 0 Å². The summed E-state index contributed by atoms with van der Waals surface area (Å²) >= 11 is 7.41. The molecule has 6 nitrogen and oxygen atoms in total. The number of thiazole rings is 1. The second-order valence-electron chi connectivity index (χ2n) is 6.32. The molecule has 0 aliphatic carbocycles. The van der Waals surface area contributed by atoms with E-state index in [0.29, 0.717) is 40.7 Å². The Hall–Kier alpha value is -2.81. The molecule has 0 aliphatic heterocycles. The van der Waals surface area contributed by atoms with Crippen LogP contribution in [0.5, 0.6) is 0 Å². The van der Waals surface area contributed by atoms with Crippen LogP contribution < -0.4 is 10.6 Å². The molecule has 0 unspecified atom stereocenters. The zero-order valence-electron chi connectivity index (χ0n) is 16.1. The Balaban J connectivity index is 1.67. The van der Waals surface area contributed by atoms with Gasteiger partial charge in [0, 0.05) is 25.6 Å². The number of nitrogens with zero attached hydrogens (tertiary/aromatic N) is 1. The zero-order valence-corrected chi connectivity index (χ0v) is 17.6. The van der Waals surface area contributed by atoms with E-state index in [9.17, 15) is 14.0 Å². The molecule has 0 fully saturated rings. The van der Waals surface area contributed by atoms with Crippen LogP contribution in [-0.4, -0.2) is 37.1 Å². The van der Waals surface area contributed by atoms with Crippen LogP contribution in [0, 0.1) is 5.82 Å². The van der Waals surface area contributed by atoms with Gasteiger partial charge in [-0.15, -0.1) is 11.3 Å². The van der Waals surface area contributed by atoms with Crippen LogP contribution >= 0.6 is 22.9 Å². The molecule has 0 aliphatic rings. The second-order valence-corrected chi connectivity index (χ2v) is 7.84. The maximum Gasteiger partial charge on any atom is 0.267 e. The average Bonchev–Trinajstić information content (AvgIpc) is 3.20. The molecule has 0 saturated carbocycles. The normalized spacial score (nSPS) is 10.6. The third-order valence-electron chi connectivity index (χ3n) is 4.11. The van der Waals surface area contributed by atoms with Gasteiger partial charge in [-0.2, -0.15) is 0 Å². The van der Waals surface area contributed by atoms with E-state index in [-0.39, 0.29) is 17.6 Å². The molecule has 0 radical (unpaired) electrons. The van der Waals surface area contributed by atoms with Crippen LogP contribution in [0.15, 0.2) is 48.7 Å². The number of aromatic nitrogens is 1. The van der Waals surface area contributed by atoms with Crippen molar-refractivity contribution in [3.05, 3.63) is 80.5 Å². The quantitative estimate of drug-likeness (QED) is 0.508. The highest BCUT2D eigenvalue weighted by molar-refractivity contribution is 7.13. The monoisotopic (exact) mass is 447 g/mol. The summed E-state index contributed by atoms with van der Waals surface area (Å²) in [7, 11) is 1.55. The second kappa shape index (κ2) is 10.3. The van der Waals surface area contributed by atoms with E-state index in [1.54, 1.807) is 31.4 Å². The van der Waals surface area contributed by atoms with E-state index in [0.717, 1.165) is 10.6 Å². The van der Waals surface area contributed by atoms with Crippen LogP contribution in [0.4, 0.5) is 10.1 Å². The Bertz CT molecular complexity index is 1040. The third-order valence-corrected chi connectivity index (χ3v) is 5.44. The van der Waals surface area contributed by atoms with Crippen molar-refractivity contribution < 1.29 is 18.7 Å². The summed E-state index contributed by atoms with van der Waals surface area (Å²) in [6.07, 6.45) is 1.98. The molecule has 156 valence electrons. The maximum absolute atomic E-state index is 13.0. The zero-order chi connectivity index (χ0) is 21.5. The summed E-state index contributed by atoms with van der Waals surface area (Å²) in [6, 6.07) is 10.8. The maximum atomic E-state index is 13.0. The summed E-state index contributed by atoms with van der Waals surface area (Å²) < 4.78 is 17.9. The Kier molecular flexibility index (Phi) is 7.51. The van der Waals surface area contributed by atoms with E-state index in [2.05, 4.69) is 15.6 Å². The lowest BCUT2D eigenvalue weighted by Gasteiger charge is -2.09. The molecule has 0 atom stereocenters. The topological polar surface area (TPSA) is 80.3 Å². The van der Waals surface area contributed by atoms with Gasteiger partial charge < -0.3 is 15.4 Å². The third kappa shape index (κ3) is 5.85. The average molecular weight is 448 g/mol. The minimum Gasteiger partial charge on any atom is -0.383 e. The van der Waals surface area contributed by atoms with Gasteiger partial charge in [-0.1, -0.05) is 23.7 Å². The van der Waals surface area contributed by atoms with E-state index in [1.165, 1.54) is 35.7 Å². The van der Waals surface area contributed by atoms with Gasteiger partial charge in [0.05, 0.1) is 28.5 Å². The number of halogens is 2. The molecule has 2 aromatic carbocycles. The van der Waals surface area contributed by atoms with Gasteiger partial charge in [-0.3, -0.25) is 9.59 Å². The van der Waals surface area contributed by atoms with Gasteiger partial charge in [0.1, 0.15) is 10.7 Å². The number of methoxy groups -OCH3 is 1. The van der Waals surface area contributed by atoms with E-state index >= 15 is 0 Å². The number of carbonyl (C=O) groups excluding carboxylic acids is 2. The molecule has 0 bridgehead atoms. The van der Waals surface area contributed by atoms with Crippen molar-refractivity contribution in [1.29, 1.82) is 0 Å². The SMILES string of the molecule is COCCNC(=O)c1ccc(Cl)c(NC(=O)c2cnc(Cc3ccc(F)cc3)s2)c1. The molecule has 3 rings (SSSR count). The Labute approximate surface area is 182 Å². The number of hydrogen-bond donors (Lipinski definition) is 2. The smallest absolute Gasteiger partial charge is 0.267 e. The summed E-state index contributed by atoms with van der Waals surface area (Å²) in [6.45, 7) is 0.770. The summed E-state index contributed by atoms with van der Waals surface area (Å²) in [4.78, 5) is 29.4. The lowest BCUT2D eigenvalue weighted by atomic mass is 10.2. The van der Waals surface area contributed by atoms with Crippen molar-refractivity contribution in [2.45, 2.75) is 6.42 Å².